The van der Waals surface area contributed by atoms with Crippen LogP contribution in [-0.2, 0) is 21.4 Å². The third kappa shape index (κ3) is 2.74. The number of rotatable bonds is 3. The molecule has 0 aromatic heterocycles. The van der Waals surface area contributed by atoms with E-state index in [0.29, 0.717) is 30.9 Å². The van der Waals surface area contributed by atoms with Crippen LogP contribution in [0.1, 0.15) is 23.6 Å². The van der Waals surface area contributed by atoms with Crippen molar-refractivity contribution in [2.75, 3.05) is 19.8 Å². The van der Waals surface area contributed by atoms with Crippen LogP contribution in [0.5, 0.6) is 0 Å². The topological polar surface area (TPSA) is 66.8 Å². The predicted octanol–water partition coefficient (Wildman–Crippen LogP) is 1.21. The first-order chi connectivity index (χ1) is 9.37. The largest absolute Gasteiger partial charge is 0.392 e. The molecule has 0 aliphatic carbocycles. The zero-order chi connectivity index (χ0) is 14.9. The number of aryl methyl sites for hydroxylation is 2. The smallest absolute Gasteiger partial charge is 0.243 e. The van der Waals surface area contributed by atoms with Gasteiger partial charge in [0.25, 0.3) is 0 Å². The highest BCUT2D eigenvalue weighted by Gasteiger charge is 2.32. The van der Waals surface area contributed by atoms with E-state index in [1.165, 1.54) is 4.31 Å². The van der Waals surface area contributed by atoms with Crippen LogP contribution in [0, 0.1) is 13.8 Å². The Bertz CT molecular complexity index is 597. The summed E-state index contributed by atoms with van der Waals surface area (Å²) in [5.74, 6) is 0. The van der Waals surface area contributed by atoms with Gasteiger partial charge >= 0.3 is 0 Å². The highest BCUT2D eigenvalue weighted by atomic mass is 32.2. The number of sulfonamides is 1. The third-order valence-corrected chi connectivity index (χ3v) is 5.85. The van der Waals surface area contributed by atoms with Crippen LogP contribution < -0.4 is 0 Å². The molecule has 1 aliphatic rings. The summed E-state index contributed by atoms with van der Waals surface area (Å²) < 4.78 is 32.3. The van der Waals surface area contributed by atoms with E-state index < -0.39 is 10.0 Å². The minimum Gasteiger partial charge on any atom is -0.392 e. The Morgan fingerprint density at radius 3 is 2.65 bits per heavy atom. The Morgan fingerprint density at radius 1 is 1.35 bits per heavy atom. The molecule has 20 heavy (non-hydrogen) atoms. The summed E-state index contributed by atoms with van der Waals surface area (Å²) in [6.45, 7) is 6.53. The maximum Gasteiger partial charge on any atom is 0.243 e. The predicted molar refractivity (Wildman–Crippen MR) is 76.0 cm³/mol. The number of aliphatic hydroxyl groups is 1. The number of morpholine rings is 1. The van der Waals surface area contributed by atoms with Gasteiger partial charge in [-0.1, -0.05) is 6.07 Å². The number of aliphatic hydroxyl groups excluding tert-OH is 1. The van der Waals surface area contributed by atoms with Crippen molar-refractivity contribution in [3.63, 3.8) is 0 Å². The Hall–Kier alpha value is -0.950. The van der Waals surface area contributed by atoms with Crippen LogP contribution in [0.4, 0.5) is 0 Å². The second-order valence-electron chi connectivity index (χ2n) is 5.24. The number of hydrogen-bond acceptors (Lipinski definition) is 4. The lowest BCUT2D eigenvalue weighted by molar-refractivity contribution is 0.0392. The number of benzene rings is 1. The number of ether oxygens (including phenoxy) is 1. The molecule has 1 aliphatic heterocycles. The van der Waals surface area contributed by atoms with E-state index >= 15 is 0 Å². The first-order valence-electron chi connectivity index (χ1n) is 6.68. The van der Waals surface area contributed by atoms with Crippen molar-refractivity contribution < 1.29 is 18.3 Å². The lowest BCUT2D eigenvalue weighted by atomic mass is 10.1. The fourth-order valence-electron chi connectivity index (χ4n) is 2.52. The Morgan fingerprint density at radius 2 is 2.05 bits per heavy atom. The molecule has 6 heteroatoms. The molecule has 1 atom stereocenters. The molecule has 0 radical (unpaired) electrons. The normalized spacial score (nSPS) is 21.1. The van der Waals surface area contributed by atoms with Gasteiger partial charge < -0.3 is 9.84 Å². The quantitative estimate of drug-likeness (QED) is 0.911. The van der Waals surface area contributed by atoms with Crippen molar-refractivity contribution >= 4 is 10.0 Å². The van der Waals surface area contributed by atoms with Crippen LogP contribution in [0.25, 0.3) is 0 Å². The third-order valence-electron chi connectivity index (χ3n) is 3.70. The molecule has 0 amide bonds. The summed E-state index contributed by atoms with van der Waals surface area (Å²) in [5.41, 5.74) is 2.26. The summed E-state index contributed by atoms with van der Waals surface area (Å²) in [5, 5.41) is 9.33. The Balaban J connectivity index is 2.48. The maximum absolute atomic E-state index is 12.8. The van der Waals surface area contributed by atoms with E-state index in [1.807, 2.05) is 19.9 Å². The fraction of sp³-hybridized carbons (Fsp3) is 0.571. The van der Waals surface area contributed by atoms with Crippen molar-refractivity contribution in [3.05, 3.63) is 28.8 Å². The van der Waals surface area contributed by atoms with E-state index in [0.717, 1.165) is 5.56 Å². The van der Waals surface area contributed by atoms with Gasteiger partial charge in [0.05, 0.1) is 24.7 Å². The molecule has 1 aromatic rings. The molecule has 5 nitrogen and oxygen atoms in total. The molecule has 1 unspecified atom stereocenters. The minimum absolute atomic E-state index is 0.159. The molecule has 1 aromatic carbocycles. The van der Waals surface area contributed by atoms with E-state index in [9.17, 15) is 13.5 Å². The van der Waals surface area contributed by atoms with Gasteiger partial charge in [0.15, 0.2) is 0 Å². The lowest BCUT2D eigenvalue weighted by Gasteiger charge is -2.32. The summed E-state index contributed by atoms with van der Waals surface area (Å²) in [7, 11) is -3.55. The molecule has 0 bridgehead atoms. The first kappa shape index (κ1) is 15.4. The molecule has 0 spiro atoms. The van der Waals surface area contributed by atoms with Gasteiger partial charge in [-0.3, -0.25) is 0 Å². The van der Waals surface area contributed by atoms with Crippen LogP contribution in [0.3, 0.4) is 0 Å². The molecular weight excluding hydrogens is 278 g/mol. The van der Waals surface area contributed by atoms with E-state index in [-0.39, 0.29) is 17.5 Å². The van der Waals surface area contributed by atoms with Crippen LogP contribution in [0.2, 0.25) is 0 Å². The second kappa shape index (κ2) is 5.81. The fourth-order valence-corrected chi connectivity index (χ4v) is 4.38. The van der Waals surface area contributed by atoms with Crippen LogP contribution in [-0.4, -0.2) is 43.6 Å². The molecule has 1 heterocycles. The number of nitrogens with zero attached hydrogens (tertiary/aromatic N) is 1. The highest BCUT2D eigenvalue weighted by molar-refractivity contribution is 7.89. The molecule has 1 N–H and O–H groups in total. The van der Waals surface area contributed by atoms with Crippen molar-refractivity contribution in [1.82, 2.24) is 4.31 Å². The average Bonchev–Trinajstić information content (AvgIpc) is 2.38. The van der Waals surface area contributed by atoms with E-state index in [2.05, 4.69) is 0 Å². The van der Waals surface area contributed by atoms with Gasteiger partial charge in [0.2, 0.25) is 10.0 Å². The van der Waals surface area contributed by atoms with Crippen molar-refractivity contribution in [1.29, 1.82) is 0 Å². The summed E-state index contributed by atoms with van der Waals surface area (Å²) in [4.78, 5) is 0.279. The maximum atomic E-state index is 12.8. The standard InChI is InChI=1S/C14H21NO4S/c1-10-6-11(2)14(7-13(10)8-16)20(17,18)15-4-5-19-9-12(15)3/h6-7,12,16H,4-5,8-9H2,1-3H3. The van der Waals surface area contributed by atoms with E-state index in [1.54, 1.807) is 13.0 Å². The van der Waals surface area contributed by atoms with Gasteiger partial charge in [-0.05, 0) is 43.5 Å². The summed E-state index contributed by atoms with van der Waals surface area (Å²) in [6, 6.07) is 3.22. The average molecular weight is 299 g/mol. The summed E-state index contributed by atoms with van der Waals surface area (Å²) in [6.07, 6.45) is 0. The van der Waals surface area contributed by atoms with Gasteiger partial charge in [-0.2, -0.15) is 4.31 Å². The van der Waals surface area contributed by atoms with Crippen molar-refractivity contribution in [2.45, 2.75) is 38.3 Å². The first-order valence-corrected chi connectivity index (χ1v) is 8.12. The Labute approximate surface area is 120 Å². The van der Waals surface area contributed by atoms with Crippen LogP contribution in [0.15, 0.2) is 17.0 Å². The van der Waals surface area contributed by atoms with Gasteiger partial charge in [0, 0.05) is 12.6 Å². The zero-order valence-corrected chi connectivity index (χ0v) is 12.9. The highest BCUT2D eigenvalue weighted by Crippen LogP contribution is 2.26. The molecule has 2 rings (SSSR count). The van der Waals surface area contributed by atoms with Gasteiger partial charge in [0.1, 0.15) is 0 Å². The Kier molecular flexibility index (Phi) is 4.49. The van der Waals surface area contributed by atoms with Crippen molar-refractivity contribution in [3.8, 4) is 0 Å². The minimum atomic E-state index is -3.55. The molecule has 1 saturated heterocycles. The number of hydrogen-bond donors (Lipinski definition) is 1. The van der Waals surface area contributed by atoms with Gasteiger partial charge in [-0.25, -0.2) is 8.42 Å². The monoisotopic (exact) mass is 299 g/mol. The molecule has 1 fully saturated rings. The van der Waals surface area contributed by atoms with Crippen LogP contribution >= 0.6 is 0 Å². The lowest BCUT2D eigenvalue weighted by Crippen LogP contribution is -2.47. The SMILES string of the molecule is Cc1cc(C)c(S(=O)(=O)N2CCOCC2C)cc1CO. The molecule has 112 valence electrons. The second-order valence-corrected chi connectivity index (χ2v) is 7.10. The van der Waals surface area contributed by atoms with Gasteiger partial charge in [-0.15, -0.1) is 0 Å². The summed E-state index contributed by atoms with van der Waals surface area (Å²) >= 11 is 0. The molecular formula is C14H21NO4S. The van der Waals surface area contributed by atoms with E-state index in [4.69, 9.17) is 4.74 Å². The van der Waals surface area contributed by atoms with Crippen molar-refractivity contribution in [2.24, 2.45) is 0 Å². The molecule has 0 saturated carbocycles. The zero-order valence-electron chi connectivity index (χ0n) is 12.1.